The summed E-state index contributed by atoms with van der Waals surface area (Å²) in [6, 6.07) is 16.3. The summed E-state index contributed by atoms with van der Waals surface area (Å²) in [5, 5.41) is 0. The van der Waals surface area contributed by atoms with Crippen molar-refractivity contribution in [3.05, 3.63) is 83.4 Å². The Hall–Kier alpha value is -2.48. The lowest BCUT2D eigenvalue weighted by molar-refractivity contribution is -0.114. The van der Waals surface area contributed by atoms with Gasteiger partial charge in [-0.2, -0.15) is 0 Å². The minimum atomic E-state index is -0.0108. The van der Waals surface area contributed by atoms with Crippen LogP contribution < -0.4 is 0 Å². The lowest BCUT2D eigenvalue weighted by atomic mass is 9.99. The van der Waals surface area contributed by atoms with Gasteiger partial charge in [-0.15, -0.1) is 0 Å². The van der Waals surface area contributed by atoms with Crippen LogP contribution in [0.15, 0.2) is 66.7 Å². The lowest BCUT2D eigenvalue weighted by Gasteiger charge is -2.04. The van der Waals surface area contributed by atoms with E-state index in [0.29, 0.717) is 23.1 Å². The second-order valence-corrected chi connectivity index (χ2v) is 4.77. The van der Waals surface area contributed by atoms with E-state index in [1.807, 2.05) is 30.3 Å². The number of ketones is 2. The number of hydrogen-bond acceptors (Lipinski definition) is 2. The topological polar surface area (TPSA) is 34.1 Å². The van der Waals surface area contributed by atoms with E-state index < -0.39 is 0 Å². The average Bonchev–Trinajstić information content (AvgIpc) is 2.48. The molecule has 0 aromatic heterocycles. The van der Waals surface area contributed by atoms with Crippen molar-refractivity contribution in [1.29, 1.82) is 0 Å². The van der Waals surface area contributed by atoms with Gasteiger partial charge in [0.15, 0.2) is 11.6 Å². The molecule has 2 aromatic rings. The molecule has 0 saturated carbocycles. The zero-order chi connectivity index (χ0) is 14.5. The molecule has 0 heterocycles. The molecule has 0 N–H and O–H groups in total. The number of carbonyl (C=O) groups is 2. The molecular formula is C18H16O2. The summed E-state index contributed by atoms with van der Waals surface area (Å²) in [4.78, 5) is 23.8. The van der Waals surface area contributed by atoms with E-state index >= 15 is 0 Å². The highest BCUT2D eigenvalue weighted by Crippen LogP contribution is 2.12. The van der Waals surface area contributed by atoms with Gasteiger partial charge < -0.3 is 0 Å². The fraction of sp³-hybridized carbons (Fsp3) is 0.111. The molecule has 0 unspecified atom stereocenters. The molecule has 0 atom stereocenters. The second-order valence-electron chi connectivity index (χ2n) is 4.77. The normalized spacial score (nSPS) is 10.1. The highest BCUT2D eigenvalue weighted by Gasteiger charge is 2.09. The van der Waals surface area contributed by atoms with Crippen LogP contribution in [0.4, 0.5) is 0 Å². The molecule has 2 heteroatoms. The molecule has 0 bridgehead atoms. The molecule has 100 valence electrons. The van der Waals surface area contributed by atoms with Gasteiger partial charge in [-0.3, -0.25) is 9.59 Å². The van der Waals surface area contributed by atoms with Gasteiger partial charge in [0.2, 0.25) is 0 Å². The van der Waals surface area contributed by atoms with E-state index in [1.54, 1.807) is 31.2 Å². The van der Waals surface area contributed by atoms with Crippen LogP contribution in [0.1, 0.15) is 28.4 Å². The zero-order valence-corrected chi connectivity index (χ0v) is 11.4. The Morgan fingerprint density at radius 2 is 1.45 bits per heavy atom. The van der Waals surface area contributed by atoms with E-state index in [1.165, 1.54) is 0 Å². The summed E-state index contributed by atoms with van der Waals surface area (Å²) in [6.07, 6.45) is 0.329. The fourth-order valence-corrected chi connectivity index (χ4v) is 1.87. The van der Waals surface area contributed by atoms with E-state index in [4.69, 9.17) is 0 Å². The SMILES string of the molecule is C=C(C)C(=O)Cc1ccc(C(=O)c2ccccc2)cc1. The molecule has 0 spiro atoms. The molecule has 0 amide bonds. The maximum atomic E-state index is 12.2. The number of allylic oxidation sites excluding steroid dienone is 1. The van der Waals surface area contributed by atoms with Gasteiger partial charge >= 0.3 is 0 Å². The van der Waals surface area contributed by atoms with Crippen LogP contribution in [-0.4, -0.2) is 11.6 Å². The first-order chi connectivity index (χ1) is 9.58. The minimum Gasteiger partial charge on any atom is -0.294 e. The fourth-order valence-electron chi connectivity index (χ4n) is 1.87. The third-order valence-electron chi connectivity index (χ3n) is 3.09. The van der Waals surface area contributed by atoms with Crippen molar-refractivity contribution in [2.75, 3.05) is 0 Å². The summed E-state index contributed by atoms with van der Waals surface area (Å²) < 4.78 is 0. The first kappa shape index (κ1) is 13.9. The van der Waals surface area contributed by atoms with Crippen molar-refractivity contribution in [2.45, 2.75) is 13.3 Å². The van der Waals surface area contributed by atoms with Gasteiger partial charge in [0, 0.05) is 17.5 Å². The zero-order valence-electron chi connectivity index (χ0n) is 11.4. The first-order valence-corrected chi connectivity index (χ1v) is 6.45. The number of hydrogen-bond donors (Lipinski definition) is 0. The molecule has 0 aliphatic heterocycles. The van der Waals surface area contributed by atoms with Crippen molar-refractivity contribution in [3.8, 4) is 0 Å². The standard InChI is InChI=1S/C18H16O2/c1-13(2)17(19)12-14-8-10-16(11-9-14)18(20)15-6-4-3-5-7-15/h3-11H,1,12H2,2H3. The Balaban J connectivity index is 2.14. The highest BCUT2D eigenvalue weighted by molar-refractivity contribution is 6.09. The van der Waals surface area contributed by atoms with E-state index in [2.05, 4.69) is 6.58 Å². The largest absolute Gasteiger partial charge is 0.294 e. The second kappa shape index (κ2) is 6.11. The number of carbonyl (C=O) groups excluding carboxylic acids is 2. The molecule has 0 fully saturated rings. The Labute approximate surface area is 118 Å². The summed E-state index contributed by atoms with van der Waals surface area (Å²) in [6.45, 7) is 5.34. The third kappa shape index (κ3) is 3.29. The van der Waals surface area contributed by atoms with Crippen molar-refractivity contribution in [1.82, 2.24) is 0 Å². The van der Waals surface area contributed by atoms with Crippen LogP contribution in [0.2, 0.25) is 0 Å². The first-order valence-electron chi connectivity index (χ1n) is 6.45. The summed E-state index contributed by atoms with van der Waals surface area (Å²) in [5.41, 5.74) is 2.73. The quantitative estimate of drug-likeness (QED) is 0.610. The van der Waals surface area contributed by atoms with Crippen molar-refractivity contribution < 1.29 is 9.59 Å². The van der Waals surface area contributed by atoms with Crippen LogP contribution in [0.25, 0.3) is 0 Å². The van der Waals surface area contributed by atoms with E-state index in [9.17, 15) is 9.59 Å². The van der Waals surface area contributed by atoms with Crippen molar-refractivity contribution in [3.63, 3.8) is 0 Å². The van der Waals surface area contributed by atoms with Gasteiger partial charge in [-0.1, -0.05) is 61.2 Å². The Kier molecular flexibility index (Phi) is 4.26. The van der Waals surface area contributed by atoms with E-state index in [-0.39, 0.29) is 11.6 Å². The Morgan fingerprint density at radius 3 is 2.00 bits per heavy atom. The molecule has 2 rings (SSSR count). The molecule has 0 saturated heterocycles. The minimum absolute atomic E-state index is 0.0108. The lowest BCUT2D eigenvalue weighted by Crippen LogP contribution is -2.04. The molecule has 0 aliphatic rings. The molecule has 0 radical (unpaired) electrons. The van der Waals surface area contributed by atoms with Gasteiger partial charge in [-0.05, 0) is 18.1 Å². The molecular weight excluding hydrogens is 248 g/mol. The molecule has 2 nitrogen and oxygen atoms in total. The average molecular weight is 264 g/mol. The number of benzene rings is 2. The van der Waals surface area contributed by atoms with Gasteiger partial charge in [0.05, 0.1) is 0 Å². The summed E-state index contributed by atoms with van der Waals surface area (Å²) >= 11 is 0. The van der Waals surface area contributed by atoms with Gasteiger partial charge in [-0.25, -0.2) is 0 Å². The molecule has 0 aliphatic carbocycles. The van der Waals surface area contributed by atoms with Crippen LogP contribution in [0.3, 0.4) is 0 Å². The maximum absolute atomic E-state index is 12.2. The summed E-state index contributed by atoms with van der Waals surface area (Å²) in [5.74, 6) is 0.00973. The van der Waals surface area contributed by atoms with Crippen LogP contribution in [-0.2, 0) is 11.2 Å². The van der Waals surface area contributed by atoms with Crippen LogP contribution in [0.5, 0.6) is 0 Å². The maximum Gasteiger partial charge on any atom is 0.193 e. The van der Waals surface area contributed by atoms with E-state index in [0.717, 1.165) is 5.56 Å². The molecule has 2 aromatic carbocycles. The van der Waals surface area contributed by atoms with Gasteiger partial charge in [0.25, 0.3) is 0 Å². The predicted molar refractivity (Wildman–Crippen MR) is 79.8 cm³/mol. The van der Waals surface area contributed by atoms with Crippen molar-refractivity contribution in [2.24, 2.45) is 0 Å². The van der Waals surface area contributed by atoms with Crippen LogP contribution in [0, 0.1) is 0 Å². The molecule has 20 heavy (non-hydrogen) atoms. The van der Waals surface area contributed by atoms with Gasteiger partial charge in [0.1, 0.15) is 0 Å². The number of rotatable bonds is 5. The predicted octanol–water partition coefficient (Wildman–Crippen LogP) is 3.61. The monoisotopic (exact) mass is 264 g/mol. The van der Waals surface area contributed by atoms with Crippen molar-refractivity contribution >= 4 is 11.6 Å². The smallest absolute Gasteiger partial charge is 0.193 e. The van der Waals surface area contributed by atoms with Crippen LogP contribution >= 0.6 is 0 Å². The number of Topliss-reactive ketones (excluding diaryl/α,β-unsaturated/α-hetero) is 1. The Bertz CT molecular complexity index is 637. The highest BCUT2D eigenvalue weighted by atomic mass is 16.1. The summed E-state index contributed by atoms with van der Waals surface area (Å²) in [7, 11) is 0. The Morgan fingerprint density at radius 1 is 0.900 bits per heavy atom. The third-order valence-corrected chi connectivity index (χ3v) is 3.09.